The highest BCUT2D eigenvalue weighted by molar-refractivity contribution is 6.21. The monoisotopic (exact) mass is 395 g/mol. The summed E-state index contributed by atoms with van der Waals surface area (Å²) in [6.07, 6.45) is 0. The number of imide groups is 1. The smallest absolute Gasteiger partial charge is 0.261 e. The summed E-state index contributed by atoms with van der Waals surface area (Å²) in [5.74, 6) is -0.841. The lowest BCUT2D eigenvalue weighted by molar-refractivity contribution is 0.0641. The average Bonchev–Trinajstić information content (AvgIpc) is 3.03. The number of amides is 3. The van der Waals surface area contributed by atoms with Gasteiger partial charge in [0.2, 0.25) is 0 Å². The van der Waals surface area contributed by atoms with Crippen LogP contribution >= 0.6 is 0 Å². The Morgan fingerprint density at radius 3 is 1.97 bits per heavy atom. The fraction of sp³-hybridized carbons (Fsp3) is 0.0833. The van der Waals surface area contributed by atoms with Crippen LogP contribution in [0.2, 0.25) is 0 Å². The maximum atomic E-state index is 12.5. The van der Waals surface area contributed by atoms with Crippen LogP contribution in [-0.4, -0.2) is 22.6 Å². The summed E-state index contributed by atoms with van der Waals surface area (Å²) in [7, 11) is 0. The second-order valence-corrected chi connectivity index (χ2v) is 6.93. The molecule has 3 aromatic rings. The molecule has 146 valence electrons. The van der Waals surface area contributed by atoms with Crippen LogP contribution in [0.15, 0.2) is 72.8 Å². The number of nitrogens with zero attached hydrogens (tertiary/aromatic N) is 2. The van der Waals surface area contributed by atoms with Crippen molar-refractivity contribution < 1.29 is 14.4 Å². The minimum atomic E-state index is -0.306. The van der Waals surface area contributed by atoms with Gasteiger partial charge in [-0.2, -0.15) is 5.26 Å². The van der Waals surface area contributed by atoms with Crippen molar-refractivity contribution in [3.05, 3.63) is 106 Å². The molecule has 1 aliphatic rings. The Bertz CT molecular complexity index is 1140. The van der Waals surface area contributed by atoms with E-state index in [1.165, 1.54) is 4.90 Å². The molecule has 1 aliphatic heterocycles. The molecule has 0 spiro atoms. The average molecular weight is 395 g/mol. The van der Waals surface area contributed by atoms with E-state index in [2.05, 4.69) is 11.4 Å². The first-order valence-electron chi connectivity index (χ1n) is 9.38. The van der Waals surface area contributed by atoms with Crippen molar-refractivity contribution in [1.82, 2.24) is 10.2 Å². The predicted octanol–water partition coefficient (Wildman–Crippen LogP) is 3.28. The van der Waals surface area contributed by atoms with Crippen LogP contribution in [-0.2, 0) is 13.1 Å². The summed E-state index contributed by atoms with van der Waals surface area (Å²) >= 11 is 0. The third-order valence-corrected chi connectivity index (χ3v) is 4.97. The molecule has 6 heteroatoms. The van der Waals surface area contributed by atoms with Gasteiger partial charge in [0.1, 0.15) is 0 Å². The molecule has 0 bridgehead atoms. The quantitative estimate of drug-likeness (QED) is 0.671. The van der Waals surface area contributed by atoms with Crippen molar-refractivity contribution in [2.75, 3.05) is 0 Å². The molecule has 3 amide bonds. The summed E-state index contributed by atoms with van der Waals surface area (Å²) in [6, 6.07) is 22.6. The van der Waals surface area contributed by atoms with Crippen LogP contribution in [0.1, 0.15) is 47.8 Å². The molecular weight excluding hydrogens is 378 g/mol. The van der Waals surface area contributed by atoms with Crippen LogP contribution in [0, 0.1) is 11.3 Å². The van der Waals surface area contributed by atoms with Crippen molar-refractivity contribution in [3.8, 4) is 6.07 Å². The molecule has 0 aromatic heterocycles. The number of carbonyl (C=O) groups excluding carboxylic acids is 3. The summed E-state index contributed by atoms with van der Waals surface area (Å²) in [5.41, 5.74) is 3.54. The van der Waals surface area contributed by atoms with E-state index in [-0.39, 0.29) is 24.3 Å². The maximum absolute atomic E-state index is 12.5. The van der Waals surface area contributed by atoms with Gasteiger partial charge in [-0.1, -0.05) is 36.4 Å². The van der Waals surface area contributed by atoms with Crippen molar-refractivity contribution in [3.63, 3.8) is 0 Å². The molecule has 3 aromatic carbocycles. The lowest BCUT2D eigenvalue weighted by atomic mass is 10.1. The highest BCUT2D eigenvalue weighted by Crippen LogP contribution is 2.24. The molecule has 4 rings (SSSR count). The summed E-state index contributed by atoms with van der Waals surface area (Å²) < 4.78 is 0. The molecule has 0 saturated heterocycles. The van der Waals surface area contributed by atoms with Gasteiger partial charge in [0.05, 0.1) is 29.3 Å². The van der Waals surface area contributed by atoms with E-state index in [1.54, 1.807) is 72.8 Å². The van der Waals surface area contributed by atoms with Gasteiger partial charge >= 0.3 is 0 Å². The Balaban J connectivity index is 1.38. The topological polar surface area (TPSA) is 90.3 Å². The molecule has 0 fully saturated rings. The molecular formula is C24H17N3O3. The van der Waals surface area contributed by atoms with Gasteiger partial charge in [-0.25, -0.2) is 0 Å². The fourth-order valence-corrected chi connectivity index (χ4v) is 3.31. The van der Waals surface area contributed by atoms with Crippen LogP contribution in [0.4, 0.5) is 0 Å². The van der Waals surface area contributed by atoms with E-state index in [0.717, 1.165) is 11.1 Å². The molecule has 0 atom stereocenters. The zero-order valence-corrected chi connectivity index (χ0v) is 16.0. The van der Waals surface area contributed by atoms with Gasteiger partial charge in [0, 0.05) is 12.1 Å². The summed E-state index contributed by atoms with van der Waals surface area (Å²) in [4.78, 5) is 38.5. The van der Waals surface area contributed by atoms with Crippen molar-refractivity contribution in [2.24, 2.45) is 0 Å². The molecule has 6 nitrogen and oxygen atoms in total. The van der Waals surface area contributed by atoms with Crippen LogP contribution in [0.5, 0.6) is 0 Å². The Hall–Kier alpha value is -4.24. The standard InChI is InChI=1S/C24H17N3O3/c25-13-16-5-7-17(8-6-16)14-26-22(28)19-11-9-18(10-12-19)15-27-23(29)20-3-1-2-4-21(20)24(27)30/h1-12H,14-15H2,(H,26,28). The Morgan fingerprint density at radius 1 is 0.833 bits per heavy atom. The van der Waals surface area contributed by atoms with Gasteiger partial charge in [0.25, 0.3) is 17.7 Å². The Labute approximate surface area is 173 Å². The number of carbonyl (C=O) groups is 3. The second-order valence-electron chi connectivity index (χ2n) is 6.93. The second kappa shape index (κ2) is 8.02. The molecule has 0 aliphatic carbocycles. The van der Waals surface area contributed by atoms with Gasteiger partial charge in [-0.05, 0) is 47.5 Å². The van der Waals surface area contributed by atoms with Gasteiger partial charge < -0.3 is 5.32 Å². The molecule has 0 unspecified atom stereocenters. The SMILES string of the molecule is N#Cc1ccc(CNC(=O)c2ccc(CN3C(=O)c4ccccc4C3=O)cc2)cc1. The minimum Gasteiger partial charge on any atom is -0.348 e. The lowest BCUT2D eigenvalue weighted by Crippen LogP contribution is -2.29. The minimum absolute atomic E-state index is 0.152. The maximum Gasteiger partial charge on any atom is 0.261 e. The molecule has 1 N–H and O–H groups in total. The molecule has 1 heterocycles. The zero-order chi connectivity index (χ0) is 21.1. The number of nitriles is 1. The predicted molar refractivity (Wildman–Crippen MR) is 109 cm³/mol. The highest BCUT2D eigenvalue weighted by Gasteiger charge is 2.34. The van der Waals surface area contributed by atoms with Crippen LogP contribution in [0.3, 0.4) is 0 Å². The Kier molecular flexibility index (Phi) is 5.10. The lowest BCUT2D eigenvalue weighted by Gasteiger charge is -2.14. The third-order valence-electron chi connectivity index (χ3n) is 4.97. The Morgan fingerprint density at radius 2 is 1.40 bits per heavy atom. The van der Waals surface area contributed by atoms with Crippen molar-refractivity contribution in [2.45, 2.75) is 13.1 Å². The number of rotatable bonds is 5. The first-order chi connectivity index (χ1) is 14.6. The van der Waals surface area contributed by atoms with Crippen molar-refractivity contribution in [1.29, 1.82) is 5.26 Å². The molecule has 0 radical (unpaired) electrons. The first kappa shape index (κ1) is 19.1. The zero-order valence-electron chi connectivity index (χ0n) is 16.0. The molecule has 30 heavy (non-hydrogen) atoms. The van der Waals surface area contributed by atoms with Crippen LogP contribution in [0.25, 0.3) is 0 Å². The highest BCUT2D eigenvalue weighted by atomic mass is 16.2. The number of hydrogen-bond acceptors (Lipinski definition) is 4. The fourth-order valence-electron chi connectivity index (χ4n) is 3.31. The van der Waals surface area contributed by atoms with Crippen LogP contribution < -0.4 is 5.32 Å². The van der Waals surface area contributed by atoms with Gasteiger partial charge in [-0.3, -0.25) is 19.3 Å². The number of fused-ring (bicyclic) bond motifs is 1. The van der Waals surface area contributed by atoms with E-state index in [0.29, 0.717) is 28.8 Å². The van der Waals surface area contributed by atoms with E-state index in [9.17, 15) is 14.4 Å². The normalized spacial score (nSPS) is 12.4. The van der Waals surface area contributed by atoms with Crippen molar-refractivity contribution >= 4 is 17.7 Å². The van der Waals surface area contributed by atoms with E-state index < -0.39 is 0 Å². The van der Waals surface area contributed by atoms with Gasteiger partial charge in [-0.15, -0.1) is 0 Å². The number of hydrogen-bond donors (Lipinski definition) is 1. The summed E-state index contributed by atoms with van der Waals surface area (Å²) in [5, 5.41) is 11.7. The van der Waals surface area contributed by atoms with E-state index in [4.69, 9.17) is 5.26 Å². The van der Waals surface area contributed by atoms with E-state index in [1.807, 2.05) is 0 Å². The molecule has 0 saturated carbocycles. The number of benzene rings is 3. The summed E-state index contributed by atoms with van der Waals surface area (Å²) in [6.45, 7) is 0.501. The third kappa shape index (κ3) is 3.69. The first-order valence-corrected chi connectivity index (χ1v) is 9.38. The van der Waals surface area contributed by atoms with Gasteiger partial charge in [0.15, 0.2) is 0 Å². The van der Waals surface area contributed by atoms with E-state index >= 15 is 0 Å². The largest absolute Gasteiger partial charge is 0.348 e. The number of nitrogens with one attached hydrogen (secondary N) is 1.